The van der Waals surface area contributed by atoms with Crippen LogP contribution in [0.25, 0.3) is 0 Å². The summed E-state index contributed by atoms with van der Waals surface area (Å²) in [4.78, 5) is 0. The molecule has 60 valence electrons. The summed E-state index contributed by atoms with van der Waals surface area (Å²) >= 11 is 0. The molecule has 11 heavy (non-hydrogen) atoms. The first kappa shape index (κ1) is 8.18. The number of aromatic nitrogens is 2. The third kappa shape index (κ3) is 2.00. The van der Waals surface area contributed by atoms with E-state index in [9.17, 15) is 0 Å². The molecule has 0 bridgehead atoms. The fourth-order valence-electron chi connectivity index (χ4n) is 0.917. The SMILES string of the molecule is CCc1cc(C(C)C)cnn1. The molecular formula is C9H14N2. The minimum atomic E-state index is 0.552. The molecule has 0 fully saturated rings. The average Bonchev–Trinajstić information content (AvgIpc) is 2.05. The normalized spacial score (nSPS) is 10.5. The molecule has 2 nitrogen and oxygen atoms in total. The zero-order chi connectivity index (χ0) is 8.27. The molecule has 0 spiro atoms. The molecule has 1 heterocycles. The molecule has 0 atom stereocenters. The smallest absolute Gasteiger partial charge is 0.0631 e. The number of nitrogens with zero attached hydrogens (tertiary/aromatic N) is 2. The van der Waals surface area contributed by atoms with Crippen LogP contribution in [0.5, 0.6) is 0 Å². The fraction of sp³-hybridized carbons (Fsp3) is 0.556. The van der Waals surface area contributed by atoms with Crippen LogP contribution in [-0.2, 0) is 6.42 Å². The van der Waals surface area contributed by atoms with Crippen LogP contribution in [0.15, 0.2) is 12.3 Å². The Labute approximate surface area is 67.7 Å². The van der Waals surface area contributed by atoms with E-state index >= 15 is 0 Å². The predicted molar refractivity (Wildman–Crippen MR) is 45.5 cm³/mol. The van der Waals surface area contributed by atoms with E-state index in [2.05, 4.69) is 37.0 Å². The highest BCUT2D eigenvalue weighted by atomic mass is 15.1. The number of rotatable bonds is 2. The molecule has 0 N–H and O–H groups in total. The monoisotopic (exact) mass is 150 g/mol. The Balaban J connectivity index is 2.91. The van der Waals surface area contributed by atoms with Crippen LogP contribution in [0, 0.1) is 0 Å². The van der Waals surface area contributed by atoms with E-state index in [0.29, 0.717) is 5.92 Å². The first-order valence-electron chi connectivity index (χ1n) is 4.05. The van der Waals surface area contributed by atoms with Crippen molar-refractivity contribution in [3.8, 4) is 0 Å². The number of hydrogen-bond acceptors (Lipinski definition) is 2. The Bertz CT molecular complexity index is 231. The predicted octanol–water partition coefficient (Wildman–Crippen LogP) is 2.16. The van der Waals surface area contributed by atoms with Gasteiger partial charge in [0.2, 0.25) is 0 Å². The van der Waals surface area contributed by atoms with Crippen molar-refractivity contribution in [1.82, 2.24) is 10.2 Å². The van der Waals surface area contributed by atoms with Gasteiger partial charge in [0.1, 0.15) is 0 Å². The largest absolute Gasteiger partial charge is 0.159 e. The summed E-state index contributed by atoms with van der Waals surface area (Å²) in [5.41, 5.74) is 2.35. The topological polar surface area (TPSA) is 25.8 Å². The second-order valence-corrected chi connectivity index (χ2v) is 2.99. The summed E-state index contributed by atoms with van der Waals surface area (Å²) in [6.07, 6.45) is 2.80. The number of aryl methyl sites for hydroxylation is 1. The average molecular weight is 150 g/mol. The van der Waals surface area contributed by atoms with Crippen LogP contribution in [0.3, 0.4) is 0 Å². The third-order valence-electron chi connectivity index (χ3n) is 1.76. The quantitative estimate of drug-likeness (QED) is 0.645. The van der Waals surface area contributed by atoms with Crippen molar-refractivity contribution in [3.05, 3.63) is 23.5 Å². The highest BCUT2D eigenvalue weighted by Gasteiger charge is 1.99. The molecule has 1 aromatic rings. The summed E-state index contributed by atoms with van der Waals surface area (Å²) < 4.78 is 0. The van der Waals surface area contributed by atoms with Gasteiger partial charge in [-0.1, -0.05) is 20.8 Å². The van der Waals surface area contributed by atoms with Gasteiger partial charge in [0.05, 0.1) is 11.9 Å². The molecule has 2 heteroatoms. The van der Waals surface area contributed by atoms with E-state index in [1.165, 1.54) is 5.56 Å². The van der Waals surface area contributed by atoms with Crippen LogP contribution >= 0.6 is 0 Å². The number of hydrogen-bond donors (Lipinski definition) is 0. The lowest BCUT2D eigenvalue weighted by molar-refractivity contribution is 0.819. The van der Waals surface area contributed by atoms with Crippen molar-refractivity contribution in [3.63, 3.8) is 0 Å². The highest BCUT2D eigenvalue weighted by Crippen LogP contribution is 2.12. The molecule has 0 aliphatic heterocycles. The maximum absolute atomic E-state index is 3.99. The second kappa shape index (κ2) is 3.46. The Morgan fingerprint density at radius 2 is 2.18 bits per heavy atom. The summed E-state index contributed by atoms with van der Waals surface area (Å²) in [6.45, 7) is 6.42. The lowest BCUT2D eigenvalue weighted by Crippen LogP contribution is -1.95. The molecule has 0 unspecified atom stereocenters. The van der Waals surface area contributed by atoms with E-state index in [1.54, 1.807) is 0 Å². The van der Waals surface area contributed by atoms with Gasteiger partial charge in [-0.05, 0) is 24.0 Å². The van der Waals surface area contributed by atoms with Gasteiger partial charge in [-0.15, -0.1) is 0 Å². The summed E-state index contributed by atoms with van der Waals surface area (Å²) in [5.74, 6) is 0.552. The first-order valence-corrected chi connectivity index (χ1v) is 4.05. The Kier molecular flexibility index (Phi) is 2.58. The molecular weight excluding hydrogens is 136 g/mol. The second-order valence-electron chi connectivity index (χ2n) is 2.99. The minimum absolute atomic E-state index is 0.552. The Morgan fingerprint density at radius 3 is 2.73 bits per heavy atom. The standard InChI is InChI=1S/C9H14N2/c1-4-9-5-8(7(2)3)6-10-11-9/h5-7H,4H2,1-3H3. The molecule has 0 saturated carbocycles. The Morgan fingerprint density at radius 1 is 1.45 bits per heavy atom. The zero-order valence-corrected chi connectivity index (χ0v) is 7.33. The van der Waals surface area contributed by atoms with Crippen molar-refractivity contribution >= 4 is 0 Å². The van der Waals surface area contributed by atoms with Gasteiger partial charge in [-0.2, -0.15) is 10.2 Å². The lowest BCUT2D eigenvalue weighted by atomic mass is 10.1. The van der Waals surface area contributed by atoms with E-state index in [1.807, 2.05) is 6.20 Å². The summed E-state index contributed by atoms with van der Waals surface area (Å²) in [7, 11) is 0. The van der Waals surface area contributed by atoms with Gasteiger partial charge in [0, 0.05) is 0 Å². The van der Waals surface area contributed by atoms with Gasteiger partial charge in [-0.3, -0.25) is 0 Å². The maximum Gasteiger partial charge on any atom is 0.0631 e. The molecule has 0 aromatic carbocycles. The summed E-state index contributed by atoms with van der Waals surface area (Å²) in [6, 6.07) is 2.12. The van der Waals surface area contributed by atoms with E-state index in [-0.39, 0.29) is 0 Å². The van der Waals surface area contributed by atoms with Crippen molar-refractivity contribution < 1.29 is 0 Å². The zero-order valence-electron chi connectivity index (χ0n) is 7.33. The van der Waals surface area contributed by atoms with Crippen molar-refractivity contribution in [1.29, 1.82) is 0 Å². The van der Waals surface area contributed by atoms with Gasteiger partial charge < -0.3 is 0 Å². The van der Waals surface area contributed by atoms with Gasteiger partial charge in [-0.25, -0.2) is 0 Å². The van der Waals surface area contributed by atoms with Gasteiger partial charge in [0.25, 0.3) is 0 Å². The highest BCUT2D eigenvalue weighted by molar-refractivity contribution is 5.15. The summed E-state index contributed by atoms with van der Waals surface area (Å²) in [5, 5.41) is 7.92. The van der Waals surface area contributed by atoms with Gasteiger partial charge in [0.15, 0.2) is 0 Å². The third-order valence-corrected chi connectivity index (χ3v) is 1.76. The molecule has 0 amide bonds. The molecule has 1 aromatic heterocycles. The molecule has 0 radical (unpaired) electrons. The molecule has 0 aliphatic carbocycles. The lowest BCUT2D eigenvalue weighted by Gasteiger charge is -2.03. The minimum Gasteiger partial charge on any atom is -0.159 e. The molecule has 1 rings (SSSR count). The van der Waals surface area contributed by atoms with E-state index in [0.717, 1.165) is 12.1 Å². The van der Waals surface area contributed by atoms with Crippen molar-refractivity contribution in [2.75, 3.05) is 0 Å². The maximum atomic E-state index is 3.99. The van der Waals surface area contributed by atoms with Crippen LogP contribution in [0.4, 0.5) is 0 Å². The first-order chi connectivity index (χ1) is 5.24. The fourth-order valence-corrected chi connectivity index (χ4v) is 0.917. The molecule has 0 aliphatic rings. The van der Waals surface area contributed by atoms with E-state index < -0.39 is 0 Å². The molecule has 0 saturated heterocycles. The van der Waals surface area contributed by atoms with E-state index in [4.69, 9.17) is 0 Å². The van der Waals surface area contributed by atoms with Crippen LogP contribution < -0.4 is 0 Å². The van der Waals surface area contributed by atoms with Crippen molar-refractivity contribution in [2.24, 2.45) is 0 Å². The van der Waals surface area contributed by atoms with Crippen LogP contribution in [0.2, 0.25) is 0 Å². The van der Waals surface area contributed by atoms with Gasteiger partial charge >= 0.3 is 0 Å². The van der Waals surface area contributed by atoms with Crippen LogP contribution in [0.1, 0.15) is 37.9 Å². The van der Waals surface area contributed by atoms with Crippen LogP contribution in [-0.4, -0.2) is 10.2 Å². The van der Waals surface area contributed by atoms with Crippen molar-refractivity contribution in [2.45, 2.75) is 33.1 Å². The Hall–Kier alpha value is -0.920.